The number of methoxy groups -OCH3 is 2. The number of amides is 2. The van der Waals surface area contributed by atoms with Crippen LogP contribution in [0.15, 0.2) is 203 Å². The second kappa shape index (κ2) is 53.3. The number of carbonyl (C=O) groups is 6. The minimum Gasteiger partial charge on any atom is -0.870 e. The van der Waals surface area contributed by atoms with Gasteiger partial charge >= 0.3 is 72.3 Å². The molecule has 31 heteroatoms. The van der Waals surface area contributed by atoms with E-state index < -0.39 is 11.9 Å². The van der Waals surface area contributed by atoms with Gasteiger partial charge in [-0.3, -0.25) is 44.4 Å². The second-order valence-electron chi connectivity index (χ2n) is 24.7. The molecule has 0 atom stereocenters. The summed E-state index contributed by atoms with van der Waals surface area (Å²) in [4.78, 5) is 71.5. The summed E-state index contributed by atoms with van der Waals surface area (Å²) in [7, 11) is 2.73. The minimum absolute atomic E-state index is 0. The number of H-pyrrole nitrogens is 2. The third-order valence-electron chi connectivity index (χ3n) is 17.0. The molecule has 2 aromatic heterocycles. The summed E-state index contributed by atoms with van der Waals surface area (Å²) in [5.74, 6) is -1.38. The number of nitriles is 3. The minimum atomic E-state index is -0.884. The van der Waals surface area contributed by atoms with Crippen LogP contribution < -0.4 is 54.2 Å². The van der Waals surface area contributed by atoms with Crippen LogP contribution in [-0.2, 0) is 76.8 Å². The van der Waals surface area contributed by atoms with E-state index in [-0.39, 0.29) is 110 Å². The van der Waals surface area contributed by atoms with Gasteiger partial charge in [0.05, 0.1) is 119 Å². The summed E-state index contributed by atoms with van der Waals surface area (Å²) in [6.45, 7) is 7.55. The molecule has 115 heavy (non-hydrogen) atoms. The Morgan fingerprint density at radius 3 is 1.14 bits per heavy atom. The zero-order chi connectivity index (χ0) is 80.9. The number of carboxylic acids is 2. The summed E-state index contributed by atoms with van der Waals surface area (Å²) in [6.07, 6.45) is 4.70. The number of nitrogens with two attached hydrogens (primary N) is 1. The van der Waals surface area contributed by atoms with Crippen LogP contribution in [0.5, 0.6) is 0 Å². The van der Waals surface area contributed by atoms with E-state index in [9.17, 15) is 28.8 Å². The molecule has 0 bridgehead atoms. The predicted molar refractivity (Wildman–Crippen MR) is 440 cm³/mol. The molecule has 12 rings (SSSR count). The molecule has 586 valence electrons. The maximum absolute atomic E-state index is 12.7. The third-order valence-corrected chi connectivity index (χ3v) is 19.6. The zero-order valence-corrected chi connectivity index (χ0v) is 70.8. The number of carbonyl (C=O) groups excluding carboxylic acids is 4. The van der Waals surface area contributed by atoms with Crippen molar-refractivity contribution in [2.45, 2.75) is 83.5 Å². The van der Waals surface area contributed by atoms with Crippen LogP contribution in [0.25, 0.3) is 22.5 Å². The van der Waals surface area contributed by atoms with E-state index in [1.54, 1.807) is 97.1 Å². The standard InChI is InChI=1S/C23H23Cl2N5O.C23H20Cl2N4O.C10H9NO2.C9H9BrO2.C9H7NO2.C8H7BrO2.CN.CH4.Li.Na.H2O/c24-18-6-2-5-17(22(18)25)20-13-19(28-29-20)15-7-9-30(10-8-15)21(31)12-14-3-1-4-16(11-14)23(26)27;24-19-6-2-5-18(23(19)25)21-13-20(27-28-21)17-7-9-29(10-8-17)22(30)12-15-3-1-4-16(11-15)14-26;1-13-10(12)6-8-3-2-4-9(5-8)7-11;1-12-9(11)6-7-3-2-4-8(10)5-7;10-6-8-3-1-2-7(4-8)5-9(11)12;9-7-3-1-2-6(4-7)5-8(10)11;1-2;;;;/h1-6,11,13,15H,7-10,12H2,(H3,26,27)(H,28,29);1-6,11,13,17H,7-10,12H2,(H,27,28);2-5H,6H2,1H3;2-5H,6H2,1H3;1-4H,5H2,(H,11,12);1-4H,5H2,(H,10,11);;1H4;;;1H2/q;;;;;;-1;;2*+1;/p-1. The van der Waals surface area contributed by atoms with E-state index in [1.165, 1.54) is 14.2 Å². The van der Waals surface area contributed by atoms with Crippen molar-refractivity contribution in [3.8, 4) is 40.7 Å². The van der Waals surface area contributed by atoms with Gasteiger partial charge in [0.15, 0.2) is 0 Å². The van der Waals surface area contributed by atoms with Crippen LogP contribution >= 0.6 is 78.3 Å². The number of aromatic amines is 2. The fourth-order valence-corrected chi connectivity index (χ4v) is 13.1. The Balaban J connectivity index is 0.000000490. The summed E-state index contributed by atoms with van der Waals surface area (Å²) in [6, 6.07) is 64.0. The molecule has 0 aliphatic carbocycles. The molecule has 2 fully saturated rings. The first-order valence-corrected chi connectivity index (χ1v) is 37.2. The number of benzene rings is 8. The van der Waals surface area contributed by atoms with Gasteiger partial charge < -0.3 is 52.5 Å². The Labute approximate surface area is 739 Å². The van der Waals surface area contributed by atoms with Crippen LogP contribution in [0.2, 0.25) is 20.1 Å². The molecule has 23 nitrogen and oxygen atoms in total. The number of nitrogen functional groups attached to an aromatic ring is 1. The number of aliphatic carboxylic acids is 2. The number of hydrogen-bond donors (Lipinski definition) is 6. The van der Waals surface area contributed by atoms with Crippen LogP contribution in [0.3, 0.4) is 0 Å². The third kappa shape index (κ3) is 34.2. The number of ether oxygens (including phenoxy) is 2. The Morgan fingerprint density at radius 2 is 0.809 bits per heavy atom. The Kier molecular flexibility index (Phi) is 46.9. The van der Waals surface area contributed by atoms with E-state index in [0.717, 1.165) is 96.3 Å². The van der Waals surface area contributed by atoms with Crippen molar-refractivity contribution in [1.29, 1.82) is 26.5 Å². The fraction of sp³-hybridized carbons (Fsp3) is 0.226. The predicted octanol–water partition coefficient (Wildman–Crippen LogP) is 11.1. The van der Waals surface area contributed by atoms with Gasteiger partial charge in [0, 0.05) is 75.0 Å². The number of amidine groups is 1. The Bertz CT molecular complexity index is 5040. The van der Waals surface area contributed by atoms with Gasteiger partial charge in [0.1, 0.15) is 5.84 Å². The van der Waals surface area contributed by atoms with E-state index in [0.29, 0.717) is 105 Å². The second-order valence-corrected chi connectivity index (χ2v) is 28.1. The summed E-state index contributed by atoms with van der Waals surface area (Å²) >= 11 is 31.5. The maximum atomic E-state index is 12.7. The first kappa shape index (κ1) is 101. The van der Waals surface area contributed by atoms with Gasteiger partial charge in [-0.25, -0.2) is 0 Å². The number of likely N-dealkylation sites (tertiary alicyclic amines) is 2. The first-order chi connectivity index (χ1) is 53.3. The molecule has 2 amide bonds. The van der Waals surface area contributed by atoms with Crippen molar-refractivity contribution < 1.29 is 102 Å². The van der Waals surface area contributed by atoms with Crippen molar-refractivity contribution >= 4 is 120 Å². The number of aromatic nitrogens is 4. The average Bonchev–Trinajstić information content (AvgIpc) is 1.69. The van der Waals surface area contributed by atoms with E-state index in [1.807, 2.05) is 119 Å². The zero-order valence-electron chi connectivity index (χ0n) is 62.6. The van der Waals surface area contributed by atoms with E-state index in [2.05, 4.69) is 67.8 Å². The number of carboxylic acid groups (broad SMARTS) is 2. The molecular weight excluding hydrogens is 1680 g/mol. The smallest absolute Gasteiger partial charge is 0.870 e. The van der Waals surface area contributed by atoms with Gasteiger partial charge in [0.25, 0.3) is 0 Å². The quantitative estimate of drug-likeness (QED) is 0.0162. The number of halogens is 6. The molecule has 2 aliphatic heterocycles. The number of nitrogens with one attached hydrogen (secondary N) is 3. The molecule has 8 aromatic carbocycles. The molecule has 0 spiro atoms. The Hall–Kier alpha value is -9.89. The molecule has 4 heterocycles. The van der Waals surface area contributed by atoms with E-state index in [4.69, 9.17) is 95.4 Å². The Morgan fingerprint density at radius 1 is 0.504 bits per heavy atom. The van der Waals surface area contributed by atoms with Gasteiger partial charge in [-0.05, 0) is 150 Å². The summed E-state index contributed by atoms with van der Waals surface area (Å²) in [5, 5.41) is 73.9. The van der Waals surface area contributed by atoms with Crippen LogP contribution in [0, 0.1) is 51.2 Å². The number of esters is 2. The number of rotatable bonds is 17. The number of piperidine rings is 2. The van der Waals surface area contributed by atoms with Crippen LogP contribution in [0.1, 0.15) is 112 Å². The van der Waals surface area contributed by atoms with Gasteiger partial charge in [-0.15, -0.1) is 0 Å². The SMILES string of the molecule is C.COC(=O)Cc1cccc(Br)c1.COC(=O)Cc1cccc(C#N)c1.N#Cc1cccc(CC(=O)N2CCC(c3cc(-c4cccc(Cl)c4Cl)n[nH]3)CC2)c1.N#Cc1cccc(CC(=O)O)c1.N=C(N)c1cccc(CC(=O)N2CCC(c3cc(-c4cccc(Cl)c4Cl)n[nH]3)CC2)c1.O=C(O)Cc1cccc(Br)c1.[C-]#N.[Li+].[Na+].[OH-]. The normalized spacial score (nSPS) is 11.6. The van der Waals surface area contributed by atoms with Crippen molar-refractivity contribution in [3.05, 3.63) is 297 Å². The van der Waals surface area contributed by atoms with Gasteiger partial charge in [-0.2, -0.15) is 26.0 Å². The molecule has 0 unspecified atom stereocenters. The molecule has 10 aromatic rings. The summed E-state index contributed by atoms with van der Waals surface area (Å²) in [5.41, 5.74) is 18.0. The maximum Gasteiger partial charge on any atom is 1.00 e. The number of nitrogens with zero attached hydrogens (tertiary/aromatic N) is 8. The monoisotopic (exact) mass is 1760 g/mol. The van der Waals surface area contributed by atoms with Crippen LogP contribution in [0.4, 0.5) is 0 Å². The first-order valence-electron chi connectivity index (χ1n) is 34.1. The molecule has 0 saturated carbocycles. The van der Waals surface area contributed by atoms with Crippen molar-refractivity contribution in [3.63, 3.8) is 0 Å². The molecule has 2 saturated heterocycles. The summed E-state index contributed by atoms with van der Waals surface area (Å²) < 4.78 is 10.9. The average molecular weight is 1770 g/mol. The molecule has 2 aliphatic rings. The van der Waals surface area contributed by atoms with Crippen molar-refractivity contribution in [1.82, 2.24) is 30.2 Å². The van der Waals surface area contributed by atoms with Gasteiger partial charge in [0.2, 0.25) is 11.8 Å². The van der Waals surface area contributed by atoms with E-state index >= 15 is 0 Å². The topological polar surface area (TPSA) is 400 Å². The van der Waals surface area contributed by atoms with Crippen molar-refractivity contribution in [2.75, 3.05) is 40.4 Å². The van der Waals surface area contributed by atoms with Crippen LogP contribution in [-0.4, -0.2) is 128 Å². The molecular formula is C84H80Br2Cl4LiN12NaO11. The molecule has 0 radical (unpaired) electrons. The largest absolute Gasteiger partial charge is 1.00 e. The van der Waals surface area contributed by atoms with Crippen molar-refractivity contribution in [2.24, 2.45) is 5.73 Å². The molecule has 8 N–H and O–H groups in total. The van der Waals surface area contributed by atoms with Gasteiger partial charge in [-0.1, -0.05) is 189 Å². The number of hydrogen-bond acceptors (Lipinski definition) is 16. The fourth-order valence-electron chi connectivity index (χ4n) is 11.4.